The van der Waals surface area contributed by atoms with Crippen molar-refractivity contribution in [3.05, 3.63) is 17.0 Å². The van der Waals surface area contributed by atoms with Gasteiger partial charge < -0.3 is 4.74 Å². The van der Waals surface area contributed by atoms with Gasteiger partial charge in [0.1, 0.15) is 0 Å². The molecule has 0 aliphatic heterocycles. The molecule has 1 rings (SSSR count). The SMILES string of the molecule is CCC(=O)c1c(C)nn(CC(C)OC)c1C. The van der Waals surface area contributed by atoms with Crippen molar-refractivity contribution in [2.45, 2.75) is 46.8 Å². The topological polar surface area (TPSA) is 44.1 Å². The Morgan fingerprint density at radius 3 is 2.62 bits per heavy atom. The third-order valence-electron chi connectivity index (χ3n) is 2.81. The van der Waals surface area contributed by atoms with Crippen molar-refractivity contribution in [3.63, 3.8) is 0 Å². The largest absolute Gasteiger partial charge is 0.380 e. The summed E-state index contributed by atoms with van der Waals surface area (Å²) in [5.41, 5.74) is 2.52. The van der Waals surface area contributed by atoms with Gasteiger partial charge in [-0.3, -0.25) is 9.48 Å². The van der Waals surface area contributed by atoms with E-state index in [9.17, 15) is 4.79 Å². The Morgan fingerprint density at radius 2 is 2.12 bits per heavy atom. The van der Waals surface area contributed by atoms with Crippen LogP contribution >= 0.6 is 0 Å². The summed E-state index contributed by atoms with van der Waals surface area (Å²) in [4.78, 5) is 11.7. The molecule has 0 N–H and O–H groups in total. The zero-order valence-electron chi connectivity index (χ0n) is 10.7. The molecule has 1 aromatic heterocycles. The zero-order valence-corrected chi connectivity index (χ0v) is 10.7. The van der Waals surface area contributed by atoms with Gasteiger partial charge >= 0.3 is 0 Å². The van der Waals surface area contributed by atoms with Crippen LogP contribution in [-0.4, -0.2) is 28.8 Å². The van der Waals surface area contributed by atoms with E-state index in [1.807, 2.05) is 32.4 Å². The Morgan fingerprint density at radius 1 is 1.50 bits per heavy atom. The van der Waals surface area contributed by atoms with E-state index in [4.69, 9.17) is 4.74 Å². The van der Waals surface area contributed by atoms with E-state index in [1.165, 1.54) is 0 Å². The van der Waals surface area contributed by atoms with Crippen LogP contribution in [0.3, 0.4) is 0 Å². The van der Waals surface area contributed by atoms with Gasteiger partial charge in [0, 0.05) is 19.2 Å². The molecule has 0 spiro atoms. The van der Waals surface area contributed by atoms with Crippen LogP contribution in [0.25, 0.3) is 0 Å². The van der Waals surface area contributed by atoms with Gasteiger partial charge in [0.05, 0.1) is 23.9 Å². The number of methoxy groups -OCH3 is 1. The third kappa shape index (κ3) is 2.50. The van der Waals surface area contributed by atoms with Crippen LogP contribution in [0.2, 0.25) is 0 Å². The Balaban J connectivity index is 3.02. The average Bonchev–Trinajstić information content (AvgIpc) is 2.53. The summed E-state index contributed by atoms with van der Waals surface area (Å²) in [7, 11) is 1.68. The summed E-state index contributed by atoms with van der Waals surface area (Å²) in [5, 5.41) is 4.38. The predicted molar refractivity (Wildman–Crippen MR) is 62.8 cm³/mol. The van der Waals surface area contributed by atoms with Gasteiger partial charge in [0.2, 0.25) is 0 Å². The molecule has 1 atom stereocenters. The van der Waals surface area contributed by atoms with Crippen molar-refractivity contribution >= 4 is 5.78 Å². The summed E-state index contributed by atoms with van der Waals surface area (Å²) in [6.45, 7) is 8.35. The van der Waals surface area contributed by atoms with Gasteiger partial charge in [0.15, 0.2) is 5.78 Å². The third-order valence-corrected chi connectivity index (χ3v) is 2.81. The molecule has 0 aliphatic rings. The van der Waals surface area contributed by atoms with E-state index in [0.717, 1.165) is 17.0 Å². The number of aryl methyl sites for hydroxylation is 1. The lowest BCUT2D eigenvalue weighted by molar-refractivity contribution is 0.0973. The molecule has 0 saturated heterocycles. The molecule has 4 nitrogen and oxygen atoms in total. The van der Waals surface area contributed by atoms with Crippen LogP contribution in [0.4, 0.5) is 0 Å². The number of Topliss-reactive ketones (excluding diaryl/α,β-unsaturated/α-hetero) is 1. The highest BCUT2D eigenvalue weighted by Gasteiger charge is 2.17. The maximum Gasteiger partial charge on any atom is 0.166 e. The molecular formula is C12H20N2O2. The van der Waals surface area contributed by atoms with E-state index >= 15 is 0 Å². The van der Waals surface area contributed by atoms with Crippen molar-refractivity contribution in [2.75, 3.05) is 7.11 Å². The minimum Gasteiger partial charge on any atom is -0.380 e. The quantitative estimate of drug-likeness (QED) is 0.720. The second-order valence-electron chi connectivity index (χ2n) is 4.05. The lowest BCUT2D eigenvalue weighted by Gasteiger charge is -2.10. The molecule has 4 heteroatoms. The molecule has 0 fully saturated rings. The van der Waals surface area contributed by atoms with Crippen molar-refractivity contribution < 1.29 is 9.53 Å². The average molecular weight is 224 g/mol. The van der Waals surface area contributed by atoms with Gasteiger partial charge in [-0.1, -0.05) is 6.92 Å². The lowest BCUT2D eigenvalue weighted by Crippen LogP contribution is -2.17. The number of carbonyl (C=O) groups excluding carboxylic acids is 1. The maximum atomic E-state index is 11.7. The molecular weight excluding hydrogens is 204 g/mol. The van der Waals surface area contributed by atoms with E-state index in [0.29, 0.717) is 13.0 Å². The number of nitrogens with zero attached hydrogens (tertiary/aromatic N) is 2. The Labute approximate surface area is 96.6 Å². The Bertz CT molecular complexity index is 383. The number of carbonyl (C=O) groups is 1. The van der Waals surface area contributed by atoms with Crippen LogP contribution in [0.1, 0.15) is 42.0 Å². The molecule has 0 bridgehead atoms. The van der Waals surface area contributed by atoms with E-state index in [2.05, 4.69) is 5.10 Å². The molecule has 16 heavy (non-hydrogen) atoms. The normalized spacial score (nSPS) is 12.8. The second kappa shape index (κ2) is 5.25. The van der Waals surface area contributed by atoms with Crippen molar-refractivity contribution in [1.29, 1.82) is 0 Å². The minimum atomic E-state index is 0.0996. The van der Waals surface area contributed by atoms with Crippen LogP contribution in [-0.2, 0) is 11.3 Å². The second-order valence-corrected chi connectivity index (χ2v) is 4.05. The van der Waals surface area contributed by atoms with Gasteiger partial charge in [-0.05, 0) is 20.8 Å². The number of hydrogen-bond acceptors (Lipinski definition) is 3. The fourth-order valence-corrected chi connectivity index (χ4v) is 1.77. The fourth-order valence-electron chi connectivity index (χ4n) is 1.77. The first-order valence-corrected chi connectivity index (χ1v) is 5.61. The molecule has 1 aromatic rings. The van der Waals surface area contributed by atoms with E-state index in [1.54, 1.807) is 7.11 Å². The minimum absolute atomic E-state index is 0.0996. The molecule has 0 aromatic carbocycles. The summed E-state index contributed by atoms with van der Waals surface area (Å²) >= 11 is 0. The number of ether oxygens (including phenoxy) is 1. The van der Waals surface area contributed by atoms with E-state index in [-0.39, 0.29) is 11.9 Å². The summed E-state index contributed by atoms with van der Waals surface area (Å²) in [5.74, 6) is 0.159. The van der Waals surface area contributed by atoms with E-state index < -0.39 is 0 Å². The summed E-state index contributed by atoms with van der Waals surface area (Å²) < 4.78 is 7.05. The molecule has 1 heterocycles. The number of aromatic nitrogens is 2. The predicted octanol–water partition coefficient (Wildman–Crippen LogP) is 2.13. The van der Waals surface area contributed by atoms with Crippen LogP contribution in [0.5, 0.6) is 0 Å². The molecule has 90 valence electrons. The first-order chi connectivity index (χ1) is 7.51. The fraction of sp³-hybridized carbons (Fsp3) is 0.667. The zero-order chi connectivity index (χ0) is 12.3. The molecule has 1 unspecified atom stereocenters. The standard InChI is InChI=1S/C12H20N2O2/c1-6-11(15)12-9(3)13-14(10(12)4)7-8(2)16-5/h8H,6-7H2,1-5H3. The van der Waals surface area contributed by atoms with Gasteiger partial charge in [-0.15, -0.1) is 0 Å². The first-order valence-electron chi connectivity index (χ1n) is 5.61. The summed E-state index contributed by atoms with van der Waals surface area (Å²) in [6, 6.07) is 0. The van der Waals surface area contributed by atoms with Gasteiger partial charge in [0.25, 0.3) is 0 Å². The molecule has 0 amide bonds. The molecule has 0 radical (unpaired) electrons. The lowest BCUT2D eigenvalue weighted by atomic mass is 10.1. The number of hydrogen-bond donors (Lipinski definition) is 0. The number of rotatable bonds is 5. The number of ketones is 1. The first kappa shape index (κ1) is 12.9. The van der Waals surface area contributed by atoms with Crippen molar-refractivity contribution in [3.8, 4) is 0 Å². The van der Waals surface area contributed by atoms with Crippen LogP contribution < -0.4 is 0 Å². The Kier molecular flexibility index (Phi) is 4.24. The summed E-state index contributed by atoms with van der Waals surface area (Å²) in [6.07, 6.45) is 0.621. The highest BCUT2D eigenvalue weighted by atomic mass is 16.5. The highest BCUT2D eigenvalue weighted by Crippen LogP contribution is 2.15. The van der Waals surface area contributed by atoms with Crippen molar-refractivity contribution in [2.24, 2.45) is 0 Å². The van der Waals surface area contributed by atoms with Gasteiger partial charge in [-0.2, -0.15) is 5.10 Å². The smallest absolute Gasteiger partial charge is 0.166 e. The van der Waals surface area contributed by atoms with Crippen LogP contribution in [0.15, 0.2) is 0 Å². The Hall–Kier alpha value is -1.16. The maximum absolute atomic E-state index is 11.7. The van der Waals surface area contributed by atoms with Gasteiger partial charge in [-0.25, -0.2) is 0 Å². The van der Waals surface area contributed by atoms with Crippen molar-refractivity contribution in [1.82, 2.24) is 9.78 Å². The monoisotopic (exact) mass is 224 g/mol. The molecule has 0 aliphatic carbocycles. The van der Waals surface area contributed by atoms with Crippen LogP contribution in [0, 0.1) is 13.8 Å². The highest BCUT2D eigenvalue weighted by molar-refractivity contribution is 5.97. The molecule has 0 saturated carbocycles.